The van der Waals surface area contributed by atoms with Crippen LogP contribution in [0.1, 0.15) is 6.42 Å². The molecule has 0 radical (unpaired) electrons. The summed E-state index contributed by atoms with van der Waals surface area (Å²) in [6.45, 7) is 1.19. The molecule has 0 bridgehead atoms. The minimum Gasteiger partial charge on any atom is -0.371 e. The van der Waals surface area contributed by atoms with Crippen LogP contribution >= 0.6 is 11.6 Å². The first-order valence-electron chi connectivity index (χ1n) is 8.50. The zero-order valence-electron chi connectivity index (χ0n) is 15.4. The third-order valence-corrected chi connectivity index (χ3v) is 6.25. The molecule has 1 fully saturated rings. The number of rotatable bonds is 7. The highest BCUT2D eigenvalue weighted by atomic mass is 35.5. The third-order valence-electron chi connectivity index (χ3n) is 4.24. The van der Waals surface area contributed by atoms with Crippen molar-refractivity contribution in [3.05, 3.63) is 41.1 Å². The van der Waals surface area contributed by atoms with Crippen LogP contribution in [-0.2, 0) is 14.6 Å². The van der Waals surface area contributed by atoms with Gasteiger partial charge in [-0.05, 0) is 44.8 Å². The summed E-state index contributed by atoms with van der Waals surface area (Å²) in [5.74, 6) is -0.382. The van der Waals surface area contributed by atoms with Gasteiger partial charge in [0.15, 0.2) is 9.84 Å². The first-order valence-corrected chi connectivity index (χ1v) is 10.7. The third kappa shape index (κ3) is 6.54. The number of sulfone groups is 1. The molecule has 27 heavy (non-hydrogen) atoms. The Bertz CT molecular complexity index is 844. The SMILES string of the molecule is CN(C)CCN(/C=C(/C#N)C(=O)Nc1ccc(Cl)cc1)C1CCS(=O)(=O)C1. The van der Waals surface area contributed by atoms with Crippen molar-refractivity contribution in [1.29, 1.82) is 5.26 Å². The van der Waals surface area contributed by atoms with Crippen LogP contribution in [0.2, 0.25) is 5.02 Å². The summed E-state index contributed by atoms with van der Waals surface area (Å²) in [5.41, 5.74) is 0.446. The Morgan fingerprint density at radius 1 is 1.33 bits per heavy atom. The van der Waals surface area contributed by atoms with Gasteiger partial charge in [-0.2, -0.15) is 5.26 Å². The maximum Gasteiger partial charge on any atom is 0.267 e. The van der Waals surface area contributed by atoms with Crippen LogP contribution < -0.4 is 5.32 Å². The van der Waals surface area contributed by atoms with Gasteiger partial charge < -0.3 is 15.1 Å². The van der Waals surface area contributed by atoms with Crippen molar-refractivity contribution in [3.8, 4) is 6.07 Å². The standard InChI is InChI=1S/C18H23ClN4O3S/c1-22(2)8-9-23(17-7-10-27(25,26)13-17)12-14(11-20)18(24)21-16-5-3-15(19)4-6-16/h3-6,12,17H,7-10,13H2,1-2H3,(H,21,24)/b14-12-. The van der Waals surface area contributed by atoms with Gasteiger partial charge in [0.25, 0.3) is 5.91 Å². The molecule has 9 heteroatoms. The highest BCUT2D eigenvalue weighted by molar-refractivity contribution is 7.91. The van der Waals surface area contributed by atoms with Gasteiger partial charge in [0.05, 0.1) is 11.5 Å². The van der Waals surface area contributed by atoms with Gasteiger partial charge in [0, 0.05) is 36.0 Å². The normalized spacial score (nSPS) is 18.9. The van der Waals surface area contributed by atoms with E-state index in [4.69, 9.17) is 11.6 Å². The monoisotopic (exact) mass is 410 g/mol. The van der Waals surface area contributed by atoms with Crippen LogP contribution in [-0.4, -0.2) is 68.9 Å². The quantitative estimate of drug-likeness (QED) is 0.543. The molecule has 7 nitrogen and oxygen atoms in total. The summed E-state index contributed by atoms with van der Waals surface area (Å²) in [6.07, 6.45) is 1.96. The molecule has 2 rings (SSSR count). The maximum absolute atomic E-state index is 12.5. The van der Waals surface area contributed by atoms with Gasteiger partial charge in [0.2, 0.25) is 0 Å². The fourth-order valence-corrected chi connectivity index (χ4v) is 4.61. The van der Waals surface area contributed by atoms with Gasteiger partial charge >= 0.3 is 0 Å². The minimum atomic E-state index is -3.07. The summed E-state index contributed by atoms with van der Waals surface area (Å²) in [6, 6.07) is 8.24. The van der Waals surface area contributed by atoms with Crippen LogP contribution in [0.25, 0.3) is 0 Å². The van der Waals surface area contributed by atoms with Crippen LogP contribution in [0.4, 0.5) is 5.69 Å². The average molecular weight is 411 g/mol. The van der Waals surface area contributed by atoms with E-state index in [2.05, 4.69) is 5.32 Å². The maximum atomic E-state index is 12.5. The Labute approximate surface area is 165 Å². The van der Waals surface area contributed by atoms with Gasteiger partial charge in [-0.25, -0.2) is 8.42 Å². The van der Waals surface area contributed by atoms with E-state index in [1.165, 1.54) is 6.20 Å². The zero-order valence-corrected chi connectivity index (χ0v) is 16.9. The number of anilines is 1. The number of likely N-dealkylation sites (N-methyl/N-ethyl adjacent to an activating group) is 1. The van der Waals surface area contributed by atoms with Crippen LogP contribution in [0.5, 0.6) is 0 Å². The molecular weight excluding hydrogens is 388 g/mol. The number of hydrogen-bond donors (Lipinski definition) is 1. The van der Waals surface area contributed by atoms with Gasteiger partial charge in [-0.3, -0.25) is 4.79 Å². The van der Waals surface area contributed by atoms with E-state index >= 15 is 0 Å². The van der Waals surface area contributed by atoms with E-state index in [1.807, 2.05) is 25.1 Å². The largest absolute Gasteiger partial charge is 0.371 e. The zero-order chi connectivity index (χ0) is 20.0. The molecule has 1 atom stereocenters. The van der Waals surface area contributed by atoms with Gasteiger partial charge in [0.1, 0.15) is 11.6 Å². The molecule has 1 aliphatic heterocycles. The number of benzene rings is 1. The fourth-order valence-electron chi connectivity index (χ4n) is 2.74. The molecule has 0 aromatic heterocycles. The molecule has 0 aliphatic carbocycles. The summed E-state index contributed by atoms with van der Waals surface area (Å²) < 4.78 is 23.7. The van der Waals surface area contributed by atoms with Crippen molar-refractivity contribution >= 4 is 33.0 Å². The lowest BCUT2D eigenvalue weighted by Gasteiger charge is -2.28. The molecule has 1 saturated heterocycles. The summed E-state index contributed by atoms with van der Waals surface area (Å²) in [5, 5.41) is 12.6. The Balaban J connectivity index is 2.18. The molecular formula is C18H23ClN4O3S. The lowest BCUT2D eigenvalue weighted by atomic mass is 10.2. The van der Waals surface area contributed by atoms with Crippen molar-refractivity contribution in [2.24, 2.45) is 0 Å². The summed E-state index contributed by atoms with van der Waals surface area (Å²) in [4.78, 5) is 16.2. The van der Waals surface area contributed by atoms with E-state index in [-0.39, 0.29) is 23.1 Å². The topological polar surface area (TPSA) is 93.5 Å². The Hall–Kier alpha value is -2.08. The first-order chi connectivity index (χ1) is 12.7. The lowest BCUT2D eigenvalue weighted by Crippen LogP contribution is -2.37. The molecule has 1 aromatic carbocycles. The number of amides is 1. The number of nitriles is 1. The number of carbonyl (C=O) groups is 1. The molecule has 0 saturated carbocycles. The van der Waals surface area contributed by atoms with Crippen LogP contribution in [0.3, 0.4) is 0 Å². The second-order valence-electron chi connectivity index (χ2n) is 6.71. The molecule has 146 valence electrons. The van der Waals surface area contributed by atoms with E-state index < -0.39 is 15.7 Å². The Kier molecular flexibility index (Phi) is 7.25. The molecule has 1 unspecified atom stereocenters. The predicted molar refractivity (Wildman–Crippen MR) is 106 cm³/mol. The van der Waals surface area contributed by atoms with E-state index in [0.29, 0.717) is 30.2 Å². The van der Waals surface area contributed by atoms with E-state index in [9.17, 15) is 18.5 Å². The molecule has 1 N–H and O–H groups in total. The van der Waals surface area contributed by atoms with Gasteiger partial charge in [-0.1, -0.05) is 11.6 Å². The fraction of sp³-hybridized carbons (Fsp3) is 0.444. The van der Waals surface area contributed by atoms with Crippen LogP contribution in [0.15, 0.2) is 36.0 Å². The highest BCUT2D eigenvalue weighted by Crippen LogP contribution is 2.20. The second-order valence-corrected chi connectivity index (χ2v) is 9.38. The molecule has 1 amide bonds. The second kappa shape index (κ2) is 9.22. The molecule has 0 spiro atoms. The predicted octanol–water partition coefficient (Wildman–Crippen LogP) is 1.74. The molecule has 1 aliphatic rings. The van der Waals surface area contributed by atoms with Crippen molar-refractivity contribution in [2.45, 2.75) is 12.5 Å². The van der Waals surface area contributed by atoms with Crippen molar-refractivity contribution < 1.29 is 13.2 Å². The number of carbonyl (C=O) groups excluding carboxylic acids is 1. The first kappa shape index (κ1) is 21.2. The number of nitrogens with one attached hydrogen (secondary N) is 1. The lowest BCUT2D eigenvalue weighted by molar-refractivity contribution is -0.112. The summed E-state index contributed by atoms with van der Waals surface area (Å²) in [7, 11) is 0.742. The molecule has 1 heterocycles. The number of hydrogen-bond acceptors (Lipinski definition) is 6. The number of halogens is 1. The average Bonchev–Trinajstić information content (AvgIpc) is 2.96. The van der Waals surface area contributed by atoms with Gasteiger partial charge in [-0.15, -0.1) is 0 Å². The summed E-state index contributed by atoms with van der Waals surface area (Å²) >= 11 is 5.83. The van der Waals surface area contributed by atoms with E-state index in [0.717, 1.165) is 0 Å². The Morgan fingerprint density at radius 2 is 2.00 bits per heavy atom. The Morgan fingerprint density at radius 3 is 2.52 bits per heavy atom. The van der Waals surface area contributed by atoms with Crippen LogP contribution in [0, 0.1) is 11.3 Å². The van der Waals surface area contributed by atoms with Crippen molar-refractivity contribution in [2.75, 3.05) is 44.0 Å². The van der Waals surface area contributed by atoms with E-state index in [1.54, 1.807) is 29.2 Å². The van der Waals surface area contributed by atoms with Crippen molar-refractivity contribution in [3.63, 3.8) is 0 Å². The highest BCUT2D eigenvalue weighted by Gasteiger charge is 2.31. The van der Waals surface area contributed by atoms with Crippen molar-refractivity contribution in [1.82, 2.24) is 9.80 Å². The number of nitrogens with zero attached hydrogens (tertiary/aromatic N) is 3. The minimum absolute atomic E-state index is 0.0362. The molecule has 1 aromatic rings. The smallest absolute Gasteiger partial charge is 0.267 e.